The number of hydrogen-bond acceptors (Lipinski definition) is 6. The van der Waals surface area contributed by atoms with Crippen molar-refractivity contribution in [2.24, 2.45) is 5.41 Å². The number of anilines is 1. The molecule has 0 aliphatic carbocycles. The molecule has 1 aromatic heterocycles. The molecule has 152 valence electrons. The molecule has 7 heteroatoms. The van der Waals surface area contributed by atoms with Gasteiger partial charge in [0.15, 0.2) is 0 Å². The average molecular weight is 387 g/mol. The maximum Gasteiger partial charge on any atom is 0.290 e. The van der Waals surface area contributed by atoms with Crippen LogP contribution in [0.2, 0.25) is 0 Å². The number of rotatable bonds is 4. The van der Waals surface area contributed by atoms with E-state index < -0.39 is 0 Å². The van der Waals surface area contributed by atoms with Crippen LogP contribution >= 0.6 is 0 Å². The highest BCUT2D eigenvalue weighted by atomic mass is 16.5. The van der Waals surface area contributed by atoms with Crippen LogP contribution in [-0.4, -0.2) is 47.8 Å². The Labute approximate surface area is 166 Å². The minimum Gasteiger partial charge on any atom is -0.483 e. The van der Waals surface area contributed by atoms with Crippen LogP contribution < -0.4 is 4.90 Å². The van der Waals surface area contributed by atoms with Crippen molar-refractivity contribution >= 4 is 12.3 Å². The van der Waals surface area contributed by atoms with E-state index in [1.165, 1.54) is 5.56 Å². The molecule has 1 N–H and O–H groups in total. The van der Waals surface area contributed by atoms with E-state index in [2.05, 4.69) is 59.9 Å². The number of methoxy groups -OCH3 is 1. The minimum atomic E-state index is -0.250. The van der Waals surface area contributed by atoms with Crippen LogP contribution in [0.15, 0.2) is 42.7 Å². The molecule has 7 nitrogen and oxygen atoms in total. The van der Waals surface area contributed by atoms with Gasteiger partial charge in [-0.1, -0.05) is 51.1 Å². The van der Waals surface area contributed by atoms with Gasteiger partial charge >= 0.3 is 0 Å². The maximum atomic E-state index is 8.36. The second-order valence-corrected chi connectivity index (χ2v) is 7.70. The van der Waals surface area contributed by atoms with Crippen molar-refractivity contribution in [1.82, 2.24) is 9.97 Å². The molecule has 2 atom stereocenters. The number of ether oxygens (including phenoxy) is 2. The zero-order valence-electron chi connectivity index (χ0n) is 16.9. The number of carbonyl (C=O) groups is 1. The molecule has 0 radical (unpaired) electrons. The maximum absolute atomic E-state index is 8.36. The first-order valence-corrected chi connectivity index (χ1v) is 9.22. The quantitative estimate of drug-likeness (QED) is 0.806. The lowest BCUT2D eigenvalue weighted by Gasteiger charge is -2.44. The Hall–Kier alpha value is -2.51. The van der Waals surface area contributed by atoms with E-state index in [0.29, 0.717) is 6.61 Å². The molecule has 1 aliphatic heterocycles. The number of benzene rings is 1. The highest BCUT2D eigenvalue weighted by Gasteiger charge is 2.36. The molecule has 1 aliphatic rings. The summed E-state index contributed by atoms with van der Waals surface area (Å²) in [5.41, 5.74) is 2.14. The van der Waals surface area contributed by atoms with Gasteiger partial charge in [-0.15, -0.1) is 0 Å². The van der Waals surface area contributed by atoms with Crippen molar-refractivity contribution < 1.29 is 19.4 Å². The Morgan fingerprint density at radius 1 is 1.25 bits per heavy atom. The van der Waals surface area contributed by atoms with Crippen LogP contribution in [0.3, 0.4) is 0 Å². The fourth-order valence-corrected chi connectivity index (χ4v) is 3.06. The van der Waals surface area contributed by atoms with Crippen molar-refractivity contribution in [3.63, 3.8) is 0 Å². The molecule has 2 heterocycles. The lowest BCUT2D eigenvalue weighted by molar-refractivity contribution is -0.122. The van der Waals surface area contributed by atoms with Gasteiger partial charge in [-0.25, -0.2) is 9.97 Å². The zero-order valence-corrected chi connectivity index (χ0v) is 16.9. The lowest BCUT2D eigenvalue weighted by Crippen LogP contribution is -2.49. The first kappa shape index (κ1) is 21.8. The Balaban J connectivity index is 0.000000878. The van der Waals surface area contributed by atoms with E-state index in [9.17, 15) is 0 Å². The van der Waals surface area contributed by atoms with Gasteiger partial charge in [-0.2, -0.15) is 0 Å². The molecule has 1 aromatic carbocycles. The van der Waals surface area contributed by atoms with Crippen molar-refractivity contribution in [3.05, 3.63) is 54.0 Å². The van der Waals surface area contributed by atoms with E-state index >= 15 is 0 Å². The summed E-state index contributed by atoms with van der Waals surface area (Å²) in [5, 5.41) is 6.89. The van der Waals surface area contributed by atoms with Crippen LogP contribution in [0.5, 0.6) is 0 Å². The standard InChI is InChI=1S/C20H27N3O2.CH2O2/c1-20(2,3)18-12-23(19-10-16(13-24-4)21-14-22-19)11-17(25-18)15-8-6-5-7-9-15;2-1-3/h5-10,14,17-18H,11-13H2,1-4H3;1H,(H,2,3)/t17-,18+;/m0./s1. The molecule has 0 saturated carbocycles. The van der Waals surface area contributed by atoms with Crippen LogP contribution in [-0.2, 0) is 20.9 Å². The summed E-state index contributed by atoms with van der Waals surface area (Å²) in [6.45, 7) is 8.50. The van der Waals surface area contributed by atoms with Crippen molar-refractivity contribution in [2.45, 2.75) is 39.6 Å². The van der Waals surface area contributed by atoms with E-state index in [1.807, 2.05) is 12.1 Å². The number of carboxylic acid groups (broad SMARTS) is 1. The summed E-state index contributed by atoms with van der Waals surface area (Å²) in [7, 11) is 1.68. The van der Waals surface area contributed by atoms with Crippen molar-refractivity contribution in [3.8, 4) is 0 Å². The van der Waals surface area contributed by atoms with Crippen LogP contribution in [0, 0.1) is 5.41 Å². The van der Waals surface area contributed by atoms with Crippen LogP contribution in [0.1, 0.15) is 38.1 Å². The topological polar surface area (TPSA) is 84.8 Å². The van der Waals surface area contributed by atoms with E-state index in [4.69, 9.17) is 19.4 Å². The van der Waals surface area contributed by atoms with E-state index in [1.54, 1.807) is 13.4 Å². The monoisotopic (exact) mass is 387 g/mol. The van der Waals surface area contributed by atoms with Crippen LogP contribution in [0.4, 0.5) is 5.82 Å². The summed E-state index contributed by atoms with van der Waals surface area (Å²) >= 11 is 0. The average Bonchev–Trinajstić information content (AvgIpc) is 2.69. The number of hydrogen-bond donors (Lipinski definition) is 1. The molecule has 2 aromatic rings. The lowest BCUT2D eigenvalue weighted by atomic mass is 9.87. The largest absolute Gasteiger partial charge is 0.483 e. The molecule has 0 bridgehead atoms. The Bertz CT molecular complexity index is 734. The number of aromatic nitrogens is 2. The van der Waals surface area contributed by atoms with E-state index in [0.717, 1.165) is 24.6 Å². The fourth-order valence-electron chi connectivity index (χ4n) is 3.06. The Kier molecular flexibility index (Phi) is 7.90. The smallest absolute Gasteiger partial charge is 0.290 e. The summed E-state index contributed by atoms with van der Waals surface area (Å²) in [4.78, 5) is 19.4. The first-order valence-electron chi connectivity index (χ1n) is 9.22. The van der Waals surface area contributed by atoms with Crippen LogP contribution in [0.25, 0.3) is 0 Å². The summed E-state index contributed by atoms with van der Waals surface area (Å²) in [6.07, 6.45) is 1.76. The third-order valence-electron chi connectivity index (χ3n) is 4.56. The predicted octanol–water partition coefficient (Wildman–Crippen LogP) is 3.32. The molecular weight excluding hydrogens is 358 g/mol. The van der Waals surface area contributed by atoms with E-state index in [-0.39, 0.29) is 24.1 Å². The number of nitrogens with zero attached hydrogens (tertiary/aromatic N) is 3. The third kappa shape index (κ3) is 6.00. The van der Waals surface area contributed by atoms with Crippen molar-refractivity contribution in [2.75, 3.05) is 25.1 Å². The van der Waals surface area contributed by atoms with Gasteiger partial charge in [-0.05, 0) is 11.0 Å². The molecular formula is C21H29N3O4. The summed E-state index contributed by atoms with van der Waals surface area (Å²) < 4.78 is 11.7. The highest BCUT2D eigenvalue weighted by molar-refractivity contribution is 5.41. The summed E-state index contributed by atoms with van der Waals surface area (Å²) in [6, 6.07) is 12.4. The van der Waals surface area contributed by atoms with Gasteiger partial charge in [0.25, 0.3) is 6.47 Å². The summed E-state index contributed by atoms with van der Waals surface area (Å²) in [5.74, 6) is 0.931. The Morgan fingerprint density at radius 3 is 2.54 bits per heavy atom. The van der Waals surface area contributed by atoms with Gasteiger partial charge in [0.2, 0.25) is 0 Å². The molecule has 28 heavy (non-hydrogen) atoms. The third-order valence-corrected chi connectivity index (χ3v) is 4.56. The van der Waals surface area contributed by atoms with Gasteiger partial charge < -0.3 is 19.5 Å². The molecule has 3 rings (SSSR count). The normalized spacial score (nSPS) is 19.5. The molecule has 0 spiro atoms. The zero-order chi connectivity index (χ0) is 20.6. The SMILES string of the molecule is COCc1cc(N2C[C@@H](c3ccccc3)O[C@@H](C(C)(C)C)C2)ncn1.O=CO. The van der Waals surface area contributed by atoms with Gasteiger partial charge in [-0.3, -0.25) is 4.79 Å². The number of morpholine rings is 1. The molecule has 0 amide bonds. The van der Waals surface area contributed by atoms with Gasteiger partial charge in [0.1, 0.15) is 18.2 Å². The minimum absolute atomic E-state index is 0.0278. The first-order chi connectivity index (χ1) is 13.4. The molecule has 1 saturated heterocycles. The van der Waals surface area contributed by atoms with Gasteiger partial charge in [0, 0.05) is 26.3 Å². The second-order valence-electron chi connectivity index (χ2n) is 7.70. The highest BCUT2D eigenvalue weighted by Crippen LogP contribution is 2.34. The second kappa shape index (κ2) is 10.1. The molecule has 1 fully saturated rings. The fraction of sp³-hybridized carbons (Fsp3) is 0.476. The molecule has 0 unspecified atom stereocenters. The predicted molar refractivity (Wildman–Crippen MR) is 107 cm³/mol. The van der Waals surface area contributed by atoms with Gasteiger partial charge in [0.05, 0.1) is 18.4 Å². The van der Waals surface area contributed by atoms with Crippen molar-refractivity contribution in [1.29, 1.82) is 0 Å². The Morgan fingerprint density at radius 2 is 1.93 bits per heavy atom.